The van der Waals surface area contributed by atoms with E-state index in [2.05, 4.69) is 15.9 Å². The molecular weight excluding hydrogens is 267 g/mol. The number of hydrogen-bond acceptors (Lipinski definition) is 2. The summed E-state index contributed by atoms with van der Waals surface area (Å²) in [7, 11) is 0. The first-order valence-electron chi connectivity index (χ1n) is 4.29. The zero-order chi connectivity index (χ0) is 10.3. The Bertz CT molecular complexity index is 375. The van der Waals surface area contributed by atoms with Crippen LogP contribution in [0.5, 0.6) is 0 Å². The molecule has 0 unspecified atom stereocenters. The van der Waals surface area contributed by atoms with Gasteiger partial charge in [-0.25, -0.2) is 0 Å². The number of halogens is 2. The first-order chi connectivity index (χ1) is 6.53. The molecule has 1 aromatic carbocycles. The number of hydrogen-bond donors (Lipinski definition) is 1. The molecule has 2 nitrogen and oxygen atoms in total. The van der Waals surface area contributed by atoms with E-state index in [0.29, 0.717) is 18.2 Å². The minimum absolute atomic E-state index is 0.353. The minimum atomic E-state index is -0.839. The standard InChI is InChI=1S/C10H10BrClO2/c1-6-2-8(11)9(12)3-7(6)10(13)4-14-5-10/h2-3,13H,4-5H2,1H3. The number of benzene rings is 1. The lowest BCUT2D eigenvalue weighted by Gasteiger charge is -2.37. The molecule has 0 aliphatic carbocycles. The molecule has 1 saturated heterocycles. The third kappa shape index (κ3) is 1.58. The molecule has 0 spiro atoms. The molecule has 0 saturated carbocycles. The van der Waals surface area contributed by atoms with Crippen molar-refractivity contribution < 1.29 is 9.84 Å². The maximum Gasteiger partial charge on any atom is 0.136 e. The lowest BCUT2D eigenvalue weighted by Crippen LogP contribution is -2.47. The van der Waals surface area contributed by atoms with Crippen molar-refractivity contribution >= 4 is 27.5 Å². The van der Waals surface area contributed by atoms with Gasteiger partial charge in [0.15, 0.2) is 0 Å². The van der Waals surface area contributed by atoms with Crippen LogP contribution in [0, 0.1) is 6.92 Å². The van der Waals surface area contributed by atoms with Crippen LogP contribution in [0.1, 0.15) is 11.1 Å². The molecule has 0 amide bonds. The van der Waals surface area contributed by atoms with Crippen LogP contribution in [0.2, 0.25) is 5.02 Å². The van der Waals surface area contributed by atoms with E-state index in [1.807, 2.05) is 13.0 Å². The highest BCUT2D eigenvalue weighted by Crippen LogP contribution is 2.35. The van der Waals surface area contributed by atoms with Crippen LogP contribution in [0.4, 0.5) is 0 Å². The fraction of sp³-hybridized carbons (Fsp3) is 0.400. The second-order valence-corrected chi connectivity index (χ2v) is 4.87. The molecule has 0 aromatic heterocycles. The summed E-state index contributed by atoms with van der Waals surface area (Å²) in [5, 5.41) is 10.7. The van der Waals surface area contributed by atoms with Crippen molar-refractivity contribution in [2.45, 2.75) is 12.5 Å². The molecule has 2 rings (SSSR count). The maximum absolute atomic E-state index is 10.1. The zero-order valence-corrected chi connectivity index (χ0v) is 10.0. The molecule has 14 heavy (non-hydrogen) atoms. The molecule has 1 aromatic rings. The van der Waals surface area contributed by atoms with Crippen molar-refractivity contribution in [1.82, 2.24) is 0 Å². The van der Waals surface area contributed by atoms with Crippen LogP contribution in [0.15, 0.2) is 16.6 Å². The molecule has 0 atom stereocenters. The highest BCUT2D eigenvalue weighted by molar-refractivity contribution is 9.10. The largest absolute Gasteiger partial charge is 0.380 e. The summed E-state index contributed by atoms with van der Waals surface area (Å²) in [6.45, 7) is 2.66. The van der Waals surface area contributed by atoms with Gasteiger partial charge in [0.2, 0.25) is 0 Å². The van der Waals surface area contributed by atoms with E-state index in [1.54, 1.807) is 6.07 Å². The highest BCUT2D eigenvalue weighted by atomic mass is 79.9. The first-order valence-corrected chi connectivity index (χ1v) is 5.46. The van der Waals surface area contributed by atoms with Crippen LogP contribution in [-0.2, 0) is 10.3 Å². The predicted molar refractivity (Wildman–Crippen MR) is 58.6 cm³/mol. The van der Waals surface area contributed by atoms with Crippen LogP contribution < -0.4 is 0 Å². The second-order valence-electron chi connectivity index (χ2n) is 3.61. The fourth-order valence-electron chi connectivity index (χ4n) is 1.60. The number of aliphatic hydroxyl groups is 1. The van der Waals surface area contributed by atoms with E-state index in [9.17, 15) is 5.11 Å². The van der Waals surface area contributed by atoms with E-state index >= 15 is 0 Å². The van der Waals surface area contributed by atoms with Gasteiger partial charge in [-0.05, 0) is 46.1 Å². The van der Waals surface area contributed by atoms with Gasteiger partial charge in [0, 0.05) is 4.47 Å². The van der Waals surface area contributed by atoms with E-state index in [1.165, 1.54) is 0 Å². The van der Waals surface area contributed by atoms with Gasteiger partial charge >= 0.3 is 0 Å². The molecule has 1 N–H and O–H groups in total. The van der Waals surface area contributed by atoms with Crippen molar-refractivity contribution in [3.63, 3.8) is 0 Å². The molecule has 0 radical (unpaired) electrons. The van der Waals surface area contributed by atoms with Crippen LogP contribution in [-0.4, -0.2) is 18.3 Å². The predicted octanol–water partition coefficient (Wildman–Crippen LogP) is 2.63. The van der Waals surface area contributed by atoms with Gasteiger partial charge in [-0.1, -0.05) is 11.6 Å². The number of rotatable bonds is 1. The summed E-state index contributed by atoms with van der Waals surface area (Å²) >= 11 is 9.32. The Morgan fingerprint density at radius 2 is 2.14 bits per heavy atom. The lowest BCUT2D eigenvalue weighted by atomic mass is 9.89. The van der Waals surface area contributed by atoms with Gasteiger partial charge in [0.25, 0.3) is 0 Å². The Morgan fingerprint density at radius 1 is 1.50 bits per heavy atom. The molecule has 1 fully saturated rings. The third-order valence-electron chi connectivity index (χ3n) is 2.45. The maximum atomic E-state index is 10.1. The van der Waals surface area contributed by atoms with E-state index in [-0.39, 0.29) is 0 Å². The highest BCUT2D eigenvalue weighted by Gasteiger charge is 2.39. The molecular formula is C10H10BrClO2. The van der Waals surface area contributed by atoms with Gasteiger partial charge in [-0.2, -0.15) is 0 Å². The van der Waals surface area contributed by atoms with Crippen molar-refractivity contribution in [3.8, 4) is 0 Å². The summed E-state index contributed by atoms with van der Waals surface area (Å²) < 4.78 is 5.86. The van der Waals surface area contributed by atoms with Gasteiger partial charge in [0.05, 0.1) is 18.2 Å². The van der Waals surface area contributed by atoms with Crippen molar-refractivity contribution in [2.24, 2.45) is 0 Å². The summed E-state index contributed by atoms with van der Waals surface area (Å²) in [4.78, 5) is 0. The molecule has 1 aliphatic heterocycles. The van der Waals surface area contributed by atoms with Crippen molar-refractivity contribution in [3.05, 3.63) is 32.8 Å². The van der Waals surface area contributed by atoms with Crippen molar-refractivity contribution in [2.75, 3.05) is 13.2 Å². The Morgan fingerprint density at radius 3 is 2.64 bits per heavy atom. The van der Waals surface area contributed by atoms with E-state index in [4.69, 9.17) is 16.3 Å². The normalized spacial score (nSPS) is 19.1. The van der Waals surface area contributed by atoms with Gasteiger partial charge in [-0.15, -0.1) is 0 Å². The number of aryl methyl sites for hydroxylation is 1. The van der Waals surface area contributed by atoms with Crippen LogP contribution in [0.3, 0.4) is 0 Å². The van der Waals surface area contributed by atoms with Gasteiger partial charge in [-0.3, -0.25) is 0 Å². The van der Waals surface area contributed by atoms with E-state index in [0.717, 1.165) is 15.6 Å². The average Bonchev–Trinajstić information content (AvgIpc) is 2.07. The quantitative estimate of drug-likeness (QED) is 0.855. The molecule has 4 heteroatoms. The summed E-state index contributed by atoms with van der Waals surface area (Å²) in [5.41, 5.74) is 1.04. The summed E-state index contributed by atoms with van der Waals surface area (Å²) in [6.07, 6.45) is 0. The number of ether oxygens (including phenoxy) is 1. The topological polar surface area (TPSA) is 29.5 Å². The Labute approximate surface area is 96.0 Å². The Kier molecular flexibility index (Phi) is 2.60. The monoisotopic (exact) mass is 276 g/mol. The Hall–Kier alpha value is -0.0900. The van der Waals surface area contributed by atoms with Crippen LogP contribution in [0.25, 0.3) is 0 Å². The molecule has 0 bridgehead atoms. The second kappa shape index (κ2) is 3.49. The fourth-order valence-corrected chi connectivity index (χ4v) is 2.22. The molecule has 1 aliphatic rings. The summed E-state index contributed by atoms with van der Waals surface area (Å²) in [6, 6.07) is 3.71. The van der Waals surface area contributed by atoms with Crippen LogP contribution >= 0.6 is 27.5 Å². The zero-order valence-electron chi connectivity index (χ0n) is 7.68. The Balaban J connectivity index is 2.48. The van der Waals surface area contributed by atoms with Gasteiger partial charge in [0.1, 0.15) is 5.60 Å². The van der Waals surface area contributed by atoms with E-state index < -0.39 is 5.60 Å². The van der Waals surface area contributed by atoms with Crippen molar-refractivity contribution in [1.29, 1.82) is 0 Å². The smallest absolute Gasteiger partial charge is 0.136 e. The SMILES string of the molecule is Cc1cc(Br)c(Cl)cc1C1(O)COC1. The summed E-state index contributed by atoms with van der Waals surface area (Å²) in [5.74, 6) is 0. The van der Waals surface area contributed by atoms with Gasteiger partial charge < -0.3 is 9.84 Å². The minimum Gasteiger partial charge on any atom is -0.380 e. The molecule has 76 valence electrons. The lowest BCUT2D eigenvalue weighted by molar-refractivity contribution is -0.184. The molecule has 1 heterocycles. The first kappa shape index (κ1) is 10.4. The third-order valence-corrected chi connectivity index (χ3v) is 3.65. The average molecular weight is 278 g/mol.